The first-order chi connectivity index (χ1) is 14.2. The number of Topliss-reactive ketones (excluding diaryl/α,β-unsaturated/α-hetero) is 1. The number of unbranched alkanes of at least 4 members (excludes halogenated alkanes) is 4. The van der Waals surface area contributed by atoms with Crippen molar-refractivity contribution < 1.29 is 22.2 Å². The molecule has 0 heterocycles. The Labute approximate surface area is 185 Å². The van der Waals surface area contributed by atoms with Gasteiger partial charge in [-0.2, -0.15) is 0 Å². The van der Waals surface area contributed by atoms with Crippen LogP contribution < -0.4 is 0 Å². The fraction of sp³-hybridized carbons (Fsp3) is 0.708. The Hall–Kier alpha value is -1.24. The summed E-state index contributed by atoms with van der Waals surface area (Å²) in [6, 6.07) is 4.87. The molecule has 0 radical (unpaired) electrons. The van der Waals surface area contributed by atoms with Crippen LogP contribution in [0.4, 0.5) is 0 Å². The second kappa shape index (κ2) is 15.5. The third-order valence-corrected chi connectivity index (χ3v) is 6.34. The van der Waals surface area contributed by atoms with Crippen LogP contribution in [-0.4, -0.2) is 49.4 Å². The van der Waals surface area contributed by atoms with E-state index in [9.17, 15) is 17.8 Å². The van der Waals surface area contributed by atoms with Gasteiger partial charge in [-0.1, -0.05) is 65.5 Å². The number of hydrogen-bond donors (Lipinski definition) is 0. The minimum atomic E-state index is -4.41. The highest BCUT2D eigenvalue weighted by atomic mass is 32.2. The number of ketones is 1. The molecule has 0 bridgehead atoms. The van der Waals surface area contributed by atoms with Gasteiger partial charge >= 0.3 is 0 Å². The van der Waals surface area contributed by atoms with E-state index in [4.69, 9.17) is 0 Å². The molecule has 174 valence electrons. The second-order valence-corrected chi connectivity index (χ2v) is 9.56. The monoisotopic (exact) mass is 441 g/mol. The number of quaternary nitrogens is 1. The van der Waals surface area contributed by atoms with Gasteiger partial charge < -0.3 is 9.04 Å². The molecule has 0 amide bonds. The molecule has 0 aliphatic carbocycles. The normalized spacial score (nSPS) is 11.7. The SMILES string of the molecule is CC(=O)c1ccc(S(=O)(=O)[O-])cc1.CCCC[N+](CCCC)(CCCC)CCCC. The van der Waals surface area contributed by atoms with Crippen LogP contribution in [0.3, 0.4) is 0 Å². The largest absolute Gasteiger partial charge is 0.744 e. The summed E-state index contributed by atoms with van der Waals surface area (Å²) in [6.45, 7) is 16.4. The van der Waals surface area contributed by atoms with Crippen LogP contribution in [0, 0.1) is 0 Å². The van der Waals surface area contributed by atoms with Crippen molar-refractivity contribution in [1.29, 1.82) is 0 Å². The van der Waals surface area contributed by atoms with E-state index in [-0.39, 0.29) is 10.7 Å². The predicted octanol–water partition coefficient (Wildman–Crippen LogP) is 5.80. The molecular weight excluding hydrogens is 398 g/mol. The summed E-state index contributed by atoms with van der Waals surface area (Å²) >= 11 is 0. The third-order valence-electron chi connectivity index (χ3n) is 5.49. The van der Waals surface area contributed by atoms with Gasteiger partial charge in [0.1, 0.15) is 10.1 Å². The molecule has 1 rings (SSSR count). The minimum Gasteiger partial charge on any atom is -0.744 e. The van der Waals surface area contributed by atoms with E-state index in [2.05, 4.69) is 27.7 Å². The topological polar surface area (TPSA) is 74.3 Å². The molecule has 0 spiro atoms. The molecule has 6 heteroatoms. The average molecular weight is 442 g/mol. The van der Waals surface area contributed by atoms with Crippen molar-refractivity contribution in [3.63, 3.8) is 0 Å². The smallest absolute Gasteiger partial charge is 0.159 e. The highest BCUT2D eigenvalue weighted by Crippen LogP contribution is 2.16. The molecule has 0 unspecified atom stereocenters. The van der Waals surface area contributed by atoms with Gasteiger partial charge in [-0.05, 0) is 44.7 Å². The maximum Gasteiger partial charge on any atom is 0.159 e. The van der Waals surface area contributed by atoms with Crippen molar-refractivity contribution in [3.8, 4) is 0 Å². The van der Waals surface area contributed by atoms with Gasteiger partial charge in [0.25, 0.3) is 0 Å². The van der Waals surface area contributed by atoms with Crippen molar-refractivity contribution in [2.45, 2.75) is 90.9 Å². The Kier molecular flexibility index (Phi) is 14.9. The van der Waals surface area contributed by atoms with Crippen molar-refractivity contribution in [3.05, 3.63) is 29.8 Å². The predicted molar refractivity (Wildman–Crippen MR) is 124 cm³/mol. The molecule has 30 heavy (non-hydrogen) atoms. The van der Waals surface area contributed by atoms with E-state index < -0.39 is 10.1 Å². The van der Waals surface area contributed by atoms with E-state index in [0.717, 1.165) is 12.1 Å². The van der Waals surface area contributed by atoms with Gasteiger partial charge in [-0.25, -0.2) is 8.42 Å². The van der Waals surface area contributed by atoms with Crippen molar-refractivity contribution in [2.75, 3.05) is 26.2 Å². The number of nitrogens with zero attached hydrogens (tertiary/aromatic N) is 1. The molecular formula is C24H43NO4S. The summed E-state index contributed by atoms with van der Waals surface area (Å²) < 4.78 is 32.8. The fourth-order valence-corrected chi connectivity index (χ4v) is 3.97. The molecule has 0 fully saturated rings. The van der Waals surface area contributed by atoms with Gasteiger partial charge in [-0.15, -0.1) is 0 Å². The summed E-state index contributed by atoms with van der Waals surface area (Å²) in [5.41, 5.74) is 0.382. The first-order valence-electron chi connectivity index (χ1n) is 11.6. The second-order valence-electron chi connectivity index (χ2n) is 8.18. The van der Waals surface area contributed by atoms with E-state index in [1.54, 1.807) is 0 Å². The van der Waals surface area contributed by atoms with Gasteiger partial charge in [0.15, 0.2) is 5.78 Å². The van der Waals surface area contributed by atoms with Gasteiger partial charge in [0.2, 0.25) is 0 Å². The van der Waals surface area contributed by atoms with E-state index in [1.807, 2.05) is 0 Å². The molecule has 0 saturated heterocycles. The van der Waals surface area contributed by atoms with Crippen molar-refractivity contribution >= 4 is 15.9 Å². The molecule has 0 aliphatic heterocycles. The number of benzene rings is 1. The lowest BCUT2D eigenvalue weighted by Crippen LogP contribution is -2.50. The molecule has 0 saturated carbocycles. The standard InChI is InChI=1S/C16H36N.C8H8O4S/c1-5-9-13-17(14-10-6-2,15-11-7-3)16-12-8-4;1-6(9)7-2-4-8(5-3-7)13(10,11)12/h5-16H2,1-4H3;2-5H,1H3,(H,10,11,12)/q+1;/p-1. The van der Waals surface area contributed by atoms with Crippen LogP contribution in [0.25, 0.3) is 0 Å². The van der Waals surface area contributed by atoms with Gasteiger partial charge in [0.05, 0.1) is 31.1 Å². The molecule has 5 nitrogen and oxygen atoms in total. The van der Waals surface area contributed by atoms with Crippen LogP contribution in [0.2, 0.25) is 0 Å². The highest BCUT2D eigenvalue weighted by molar-refractivity contribution is 7.85. The summed E-state index contributed by atoms with van der Waals surface area (Å²) in [5.74, 6) is -0.171. The maximum atomic E-state index is 10.8. The summed E-state index contributed by atoms with van der Waals surface area (Å²) in [5, 5.41) is 0. The number of carbonyl (C=O) groups is 1. The Morgan fingerprint density at radius 3 is 1.33 bits per heavy atom. The zero-order chi connectivity index (χ0) is 23.0. The lowest BCUT2D eigenvalue weighted by Gasteiger charge is -2.39. The molecule has 0 aromatic heterocycles. The van der Waals surface area contributed by atoms with E-state index >= 15 is 0 Å². The molecule has 0 aliphatic rings. The van der Waals surface area contributed by atoms with Crippen LogP contribution in [0.5, 0.6) is 0 Å². The van der Waals surface area contributed by atoms with Crippen LogP contribution >= 0.6 is 0 Å². The van der Waals surface area contributed by atoms with E-state index in [1.165, 1.54) is 101 Å². The fourth-order valence-electron chi connectivity index (χ4n) is 3.50. The maximum absolute atomic E-state index is 10.8. The Balaban J connectivity index is 0.000000579. The first kappa shape index (κ1) is 28.8. The van der Waals surface area contributed by atoms with Crippen molar-refractivity contribution in [2.24, 2.45) is 0 Å². The lowest BCUT2D eigenvalue weighted by molar-refractivity contribution is -0.929. The molecule has 0 atom stereocenters. The third kappa shape index (κ3) is 11.8. The lowest BCUT2D eigenvalue weighted by atomic mass is 10.1. The van der Waals surface area contributed by atoms with Crippen molar-refractivity contribution in [1.82, 2.24) is 0 Å². The van der Waals surface area contributed by atoms with Crippen LogP contribution in [0.1, 0.15) is 96.3 Å². The molecule has 1 aromatic rings. The first-order valence-corrected chi connectivity index (χ1v) is 13.0. The summed E-state index contributed by atoms with van der Waals surface area (Å²) in [4.78, 5) is 10.5. The average Bonchev–Trinajstić information content (AvgIpc) is 2.72. The number of hydrogen-bond acceptors (Lipinski definition) is 4. The Morgan fingerprint density at radius 2 is 1.10 bits per heavy atom. The quantitative estimate of drug-likeness (QED) is 0.208. The van der Waals surface area contributed by atoms with E-state index in [0.29, 0.717) is 5.56 Å². The molecule has 1 aromatic carbocycles. The Bertz CT molecular complexity index is 646. The summed E-state index contributed by atoms with van der Waals surface area (Å²) in [6.07, 6.45) is 11.1. The zero-order valence-corrected chi connectivity index (χ0v) is 20.6. The summed E-state index contributed by atoms with van der Waals surface area (Å²) in [7, 11) is -4.41. The molecule has 0 N–H and O–H groups in total. The zero-order valence-electron chi connectivity index (χ0n) is 19.8. The number of carbonyl (C=O) groups excluding carboxylic acids is 1. The van der Waals surface area contributed by atoms with Crippen LogP contribution in [-0.2, 0) is 10.1 Å². The minimum absolute atomic E-state index is 0.171. The van der Waals surface area contributed by atoms with Crippen LogP contribution in [0.15, 0.2) is 29.2 Å². The van der Waals surface area contributed by atoms with Gasteiger partial charge in [0, 0.05) is 5.56 Å². The Morgan fingerprint density at radius 1 is 0.767 bits per heavy atom. The number of rotatable bonds is 14. The highest BCUT2D eigenvalue weighted by Gasteiger charge is 2.24. The van der Waals surface area contributed by atoms with Gasteiger partial charge in [-0.3, -0.25) is 4.79 Å².